The van der Waals surface area contributed by atoms with Gasteiger partial charge in [-0.1, -0.05) is 18.2 Å². The lowest BCUT2D eigenvalue weighted by atomic mass is 10.1. The van der Waals surface area contributed by atoms with E-state index < -0.39 is 0 Å². The van der Waals surface area contributed by atoms with Gasteiger partial charge in [-0.2, -0.15) is 0 Å². The van der Waals surface area contributed by atoms with Crippen molar-refractivity contribution in [1.82, 2.24) is 15.1 Å². The predicted molar refractivity (Wildman–Crippen MR) is 134 cm³/mol. The number of hydrogen-bond acceptors (Lipinski definition) is 6. The number of likely N-dealkylation sites (N-methyl/N-ethyl adjacent to an activating group) is 1. The number of anilines is 1. The molecule has 0 radical (unpaired) electrons. The molecule has 190 valence electrons. The highest BCUT2D eigenvalue weighted by atomic mass is 19.1. The molecule has 2 amide bonds. The highest BCUT2D eigenvalue weighted by Crippen LogP contribution is 2.21. The Morgan fingerprint density at radius 2 is 1.81 bits per heavy atom. The molecule has 2 aromatic carbocycles. The maximum absolute atomic E-state index is 14.0. The summed E-state index contributed by atoms with van der Waals surface area (Å²) < 4.78 is 24.2. The van der Waals surface area contributed by atoms with Crippen molar-refractivity contribution in [2.45, 2.75) is 13.1 Å². The summed E-state index contributed by atoms with van der Waals surface area (Å²) in [5.41, 5.74) is 1.87. The summed E-state index contributed by atoms with van der Waals surface area (Å²) in [6.45, 7) is 4.16. The maximum atomic E-state index is 14.0. The number of amides is 2. The van der Waals surface area contributed by atoms with Crippen molar-refractivity contribution in [3.63, 3.8) is 0 Å². The second kappa shape index (κ2) is 11.8. The van der Waals surface area contributed by atoms with E-state index in [-0.39, 0.29) is 36.5 Å². The molecule has 36 heavy (non-hydrogen) atoms. The fraction of sp³-hybridized carbons (Fsp3) is 0.333. The first-order valence-corrected chi connectivity index (χ1v) is 11.9. The topological polar surface area (TPSA) is 78.3 Å². The summed E-state index contributed by atoms with van der Waals surface area (Å²) in [6.07, 6.45) is 1.56. The Kier molecular flexibility index (Phi) is 8.35. The highest BCUT2D eigenvalue weighted by molar-refractivity contribution is 6.04. The lowest BCUT2D eigenvalue weighted by Gasteiger charge is -2.35. The first-order valence-electron chi connectivity index (χ1n) is 11.9. The molecule has 4 rings (SSSR count). The zero-order valence-electron chi connectivity index (χ0n) is 20.6. The minimum atomic E-state index is -0.364. The van der Waals surface area contributed by atoms with Gasteiger partial charge in [-0.05, 0) is 42.0 Å². The van der Waals surface area contributed by atoms with Gasteiger partial charge in [0.2, 0.25) is 5.91 Å². The largest absolute Gasteiger partial charge is 0.494 e. The van der Waals surface area contributed by atoms with Gasteiger partial charge in [0.25, 0.3) is 5.91 Å². The number of rotatable bonds is 9. The van der Waals surface area contributed by atoms with Crippen LogP contribution >= 0.6 is 0 Å². The molecule has 1 N–H and O–H groups in total. The van der Waals surface area contributed by atoms with Gasteiger partial charge in [-0.25, -0.2) is 4.39 Å². The Hall–Kier alpha value is -3.69. The van der Waals surface area contributed by atoms with Gasteiger partial charge in [0.05, 0.1) is 37.7 Å². The van der Waals surface area contributed by atoms with Crippen LogP contribution in [0, 0.1) is 5.82 Å². The molecule has 0 bridgehead atoms. The van der Waals surface area contributed by atoms with Crippen LogP contribution in [0.15, 0.2) is 65.3 Å². The van der Waals surface area contributed by atoms with Gasteiger partial charge in [0.1, 0.15) is 5.76 Å². The molecule has 9 heteroatoms. The molecule has 0 aliphatic carbocycles. The van der Waals surface area contributed by atoms with E-state index in [9.17, 15) is 14.0 Å². The summed E-state index contributed by atoms with van der Waals surface area (Å²) in [7, 11) is 3.14. The lowest BCUT2D eigenvalue weighted by Crippen LogP contribution is -2.49. The number of piperazine rings is 1. The Morgan fingerprint density at radius 1 is 1.06 bits per heavy atom. The van der Waals surface area contributed by atoms with Gasteiger partial charge >= 0.3 is 0 Å². The van der Waals surface area contributed by atoms with Crippen LogP contribution in [0.1, 0.15) is 21.7 Å². The van der Waals surface area contributed by atoms with E-state index in [1.165, 1.54) is 18.1 Å². The van der Waals surface area contributed by atoms with Crippen LogP contribution in [0.4, 0.5) is 10.1 Å². The minimum absolute atomic E-state index is 0.0908. The minimum Gasteiger partial charge on any atom is -0.494 e. The van der Waals surface area contributed by atoms with Crippen LogP contribution in [-0.4, -0.2) is 68.5 Å². The molecule has 1 fully saturated rings. The van der Waals surface area contributed by atoms with E-state index in [1.807, 2.05) is 12.1 Å². The fourth-order valence-corrected chi connectivity index (χ4v) is 4.24. The Labute approximate surface area is 210 Å². The van der Waals surface area contributed by atoms with E-state index >= 15 is 0 Å². The van der Waals surface area contributed by atoms with Gasteiger partial charge in [0.15, 0.2) is 11.6 Å². The van der Waals surface area contributed by atoms with Crippen LogP contribution in [0.5, 0.6) is 5.75 Å². The first-order chi connectivity index (χ1) is 17.4. The van der Waals surface area contributed by atoms with Crippen LogP contribution in [0.25, 0.3) is 0 Å². The number of nitrogens with zero attached hydrogens (tertiary/aromatic N) is 3. The molecule has 0 unspecified atom stereocenters. The Bertz CT molecular complexity index is 1180. The molecule has 3 aromatic rings. The third kappa shape index (κ3) is 6.30. The van der Waals surface area contributed by atoms with E-state index in [0.717, 1.165) is 31.7 Å². The van der Waals surface area contributed by atoms with Crippen molar-refractivity contribution in [2.75, 3.05) is 51.8 Å². The smallest absolute Gasteiger partial charge is 0.253 e. The van der Waals surface area contributed by atoms with E-state index in [0.29, 0.717) is 23.6 Å². The average Bonchev–Trinajstić information content (AvgIpc) is 3.42. The number of para-hydroxylation sites is 1. The fourth-order valence-electron chi connectivity index (χ4n) is 4.24. The molecule has 0 spiro atoms. The zero-order chi connectivity index (χ0) is 25.5. The molecule has 0 saturated carbocycles. The van der Waals surface area contributed by atoms with Crippen molar-refractivity contribution in [3.8, 4) is 5.75 Å². The van der Waals surface area contributed by atoms with Gasteiger partial charge in [-0.15, -0.1) is 0 Å². The average molecular weight is 495 g/mol. The first kappa shape index (κ1) is 25.4. The number of carbonyl (C=O) groups excluding carboxylic acids is 2. The monoisotopic (exact) mass is 494 g/mol. The molecular weight excluding hydrogens is 463 g/mol. The summed E-state index contributed by atoms with van der Waals surface area (Å²) in [6, 6.07) is 15.6. The van der Waals surface area contributed by atoms with E-state index in [4.69, 9.17) is 9.15 Å². The number of halogens is 1. The van der Waals surface area contributed by atoms with Crippen LogP contribution in [0.2, 0.25) is 0 Å². The second-order valence-corrected chi connectivity index (χ2v) is 8.75. The molecule has 1 aliphatic rings. The molecule has 8 nitrogen and oxygen atoms in total. The van der Waals surface area contributed by atoms with Gasteiger partial charge in [-0.3, -0.25) is 19.4 Å². The predicted octanol–water partition coefficient (Wildman–Crippen LogP) is 3.14. The lowest BCUT2D eigenvalue weighted by molar-refractivity contribution is -0.119. The normalized spacial score (nSPS) is 14.4. The van der Waals surface area contributed by atoms with E-state index in [1.54, 1.807) is 49.7 Å². The Balaban J connectivity index is 1.29. The number of carbonyl (C=O) groups is 2. The van der Waals surface area contributed by atoms with Crippen LogP contribution in [0.3, 0.4) is 0 Å². The maximum Gasteiger partial charge on any atom is 0.253 e. The number of nitrogens with one attached hydrogen (secondary N) is 1. The number of benzene rings is 2. The standard InChI is InChI=1S/C27H31FN4O4/c1-30(24-8-4-3-7-22(24)27(34)29-17-21-6-5-15-36-21)26(33)19-32-13-11-31(12-14-32)18-20-9-10-25(35-2)23(28)16-20/h3-10,15-16H,11-14,17-19H2,1-2H3,(H,29,34). The summed E-state index contributed by atoms with van der Waals surface area (Å²) in [5.74, 6) is 0.165. The highest BCUT2D eigenvalue weighted by Gasteiger charge is 2.23. The van der Waals surface area contributed by atoms with Gasteiger partial charge in [0, 0.05) is 39.8 Å². The van der Waals surface area contributed by atoms with Crippen molar-refractivity contribution in [3.05, 3.63) is 83.6 Å². The number of ether oxygens (including phenoxy) is 1. The molecule has 1 saturated heterocycles. The summed E-state index contributed by atoms with van der Waals surface area (Å²) in [4.78, 5) is 31.7. The molecule has 1 aliphatic heterocycles. The molecule has 2 heterocycles. The number of methoxy groups -OCH3 is 1. The van der Waals surface area contributed by atoms with Crippen molar-refractivity contribution in [1.29, 1.82) is 0 Å². The van der Waals surface area contributed by atoms with Crippen molar-refractivity contribution >= 4 is 17.5 Å². The molecule has 0 atom stereocenters. The van der Waals surface area contributed by atoms with Crippen LogP contribution < -0.4 is 15.0 Å². The van der Waals surface area contributed by atoms with Crippen molar-refractivity contribution in [2.24, 2.45) is 0 Å². The number of furan rings is 1. The van der Waals surface area contributed by atoms with E-state index in [2.05, 4.69) is 15.1 Å². The molecular formula is C27H31FN4O4. The summed E-state index contributed by atoms with van der Waals surface area (Å²) >= 11 is 0. The van der Waals surface area contributed by atoms with Crippen LogP contribution in [-0.2, 0) is 17.9 Å². The van der Waals surface area contributed by atoms with Gasteiger partial charge < -0.3 is 19.4 Å². The number of hydrogen-bond donors (Lipinski definition) is 1. The second-order valence-electron chi connectivity index (χ2n) is 8.75. The van der Waals surface area contributed by atoms with Crippen molar-refractivity contribution < 1.29 is 23.1 Å². The third-order valence-corrected chi connectivity index (χ3v) is 6.33. The molecule has 1 aromatic heterocycles. The third-order valence-electron chi connectivity index (χ3n) is 6.33. The zero-order valence-corrected chi connectivity index (χ0v) is 20.6. The Morgan fingerprint density at radius 3 is 2.50 bits per heavy atom. The SMILES string of the molecule is COc1ccc(CN2CCN(CC(=O)N(C)c3ccccc3C(=O)NCc3ccco3)CC2)cc1F. The quantitative estimate of drug-likeness (QED) is 0.493. The summed E-state index contributed by atoms with van der Waals surface area (Å²) in [5, 5.41) is 2.83.